The van der Waals surface area contributed by atoms with Crippen LogP contribution in [0.25, 0.3) is 45.4 Å². The van der Waals surface area contributed by atoms with Crippen molar-refractivity contribution in [2.24, 2.45) is 0 Å². The summed E-state index contributed by atoms with van der Waals surface area (Å²) in [6.07, 6.45) is 1.79. The molecule has 5 aromatic rings. The summed E-state index contributed by atoms with van der Waals surface area (Å²) in [5.41, 5.74) is 4.70. The number of benzene rings is 3. The monoisotopic (exact) mass is 420 g/mol. The average Bonchev–Trinajstić information content (AvgIpc) is 2.85. The Kier molecular flexibility index (Phi) is 5.21. The number of hydrogen-bond acceptors (Lipinski definition) is 4. The highest BCUT2D eigenvalue weighted by molar-refractivity contribution is 6.30. The lowest BCUT2D eigenvalue weighted by Gasteiger charge is -2.09. The van der Waals surface area contributed by atoms with E-state index in [2.05, 4.69) is 4.98 Å². The van der Waals surface area contributed by atoms with Crippen LogP contribution in [0.2, 0.25) is 5.02 Å². The molecule has 0 N–H and O–H groups in total. The third kappa shape index (κ3) is 4.20. The van der Waals surface area contributed by atoms with Crippen LogP contribution in [0, 0.1) is 0 Å². The highest BCUT2D eigenvalue weighted by Crippen LogP contribution is 2.27. The Bertz CT molecular complexity index is 1300. The van der Waals surface area contributed by atoms with Gasteiger partial charge in [0.1, 0.15) is 0 Å². The molecule has 0 saturated heterocycles. The van der Waals surface area contributed by atoms with Gasteiger partial charge in [0, 0.05) is 33.5 Å². The molecule has 5 heteroatoms. The van der Waals surface area contributed by atoms with Crippen molar-refractivity contribution in [1.82, 2.24) is 19.9 Å². The molecule has 148 valence electrons. The highest BCUT2D eigenvalue weighted by Gasteiger charge is 2.12. The standard InChI is InChI=1S/C26H17ClN4/c27-22-15-13-21(14-16-22)26-30-24(19-6-2-1-3-7-19)29-25(31-26)20-11-9-18(10-12-20)23-8-4-5-17-28-23/h1-17H. The zero-order chi connectivity index (χ0) is 21.0. The molecule has 0 fully saturated rings. The van der Waals surface area contributed by atoms with E-state index in [1.54, 1.807) is 6.20 Å². The maximum Gasteiger partial charge on any atom is 0.164 e. The first-order valence-electron chi connectivity index (χ1n) is 9.85. The van der Waals surface area contributed by atoms with Gasteiger partial charge < -0.3 is 0 Å². The molecule has 3 aromatic carbocycles. The molecule has 0 amide bonds. The van der Waals surface area contributed by atoms with E-state index in [0.717, 1.165) is 27.9 Å². The minimum atomic E-state index is 0.606. The molecule has 2 heterocycles. The lowest BCUT2D eigenvalue weighted by molar-refractivity contribution is 1.07. The summed E-state index contributed by atoms with van der Waals surface area (Å²) in [4.78, 5) is 18.6. The Morgan fingerprint density at radius 2 is 0.935 bits per heavy atom. The van der Waals surface area contributed by atoms with Gasteiger partial charge in [0.05, 0.1) is 5.69 Å². The van der Waals surface area contributed by atoms with E-state index in [1.807, 2.05) is 97.1 Å². The first kappa shape index (κ1) is 19.1. The van der Waals surface area contributed by atoms with E-state index >= 15 is 0 Å². The lowest BCUT2D eigenvalue weighted by Crippen LogP contribution is -2.00. The SMILES string of the molecule is Clc1ccc(-c2nc(-c3ccccc3)nc(-c3ccc(-c4ccccn4)cc3)n2)cc1. The van der Waals surface area contributed by atoms with Crippen LogP contribution in [0.4, 0.5) is 0 Å². The summed E-state index contributed by atoms with van der Waals surface area (Å²) < 4.78 is 0. The number of rotatable bonds is 4. The molecule has 0 aliphatic rings. The van der Waals surface area contributed by atoms with Gasteiger partial charge in [-0.05, 0) is 36.4 Å². The Labute approximate surface area is 185 Å². The van der Waals surface area contributed by atoms with Gasteiger partial charge in [0.25, 0.3) is 0 Å². The number of hydrogen-bond donors (Lipinski definition) is 0. The van der Waals surface area contributed by atoms with Crippen molar-refractivity contribution in [3.05, 3.63) is 108 Å². The summed E-state index contributed by atoms with van der Waals surface area (Å²) >= 11 is 6.06. The molecule has 0 radical (unpaired) electrons. The lowest BCUT2D eigenvalue weighted by atomic mass is 10.1. The predicted molar refractivity (Wildman–Crippen MR) is 124 cm³/mol. The van der Waals surface area contributed by atoms with Crippen molar-refractivity contribution in [3.8, 4) is 45.4 Å². The third-order valence-corrected chi connectivity index (χ3v) is 5.13. The highest BCUT2D eigenvalue weighted by atomic mass is 35.5. The topological polar surface area (TPSA) is 51.6 Å². The van der Waals surface area contributed by atoms with Crippen LogP contribution in [0.3, 0.4) is 0 Å². The number of aromatic nitrogens is 4. The Balaban J connectivity index is 1.60. The molecular weight excluding hydrogens is 404 g/mol. The molecule has 31 heavy (non-hydrogen) atoms. The van der Waals surface area contributed by atoms with Crippen molar-refractivity contribution in [2.75, 3.05) is 0 Å². The van der Waals surface area contributed by atoms with Crippen LogP contribution in [0.15, 0.2) is 103 Å². The number of pyridine rings is 1. The fourth-order valence-corrected chi connectivity index (χ4v) is 3.40. The third-order valence-electron chi connectivity index (χ3n) is 4.87. The van der Waals surface area contributed by atoms with Crippen LogP contribution >= 0.6 is 11.6 Å². The normalized spacial score (nSPS) is 10.7. The second kappa shape index (κ2) is 8.46. The minimum Gasteiger partial charge on any atom is -0.256 e. The predicted octanol–water partition coefficient (Wildman–Crippen LogP) is 6.59. The first-order chi connectivity index (χ1) is 15.3. The van der Waals surface area contributed by atoms with Gasteiger partial charge in [0.2, 0.25) is 0 Å². The fraction of sp³-hybridized carbons (Fsp3) is 0. The van der Waals surface area contributed by atoms with Gasteiger partial charge in [-0.3, -0.25) is 4.98 Å². The quantitative estimate of drug-likeness (QED) is 0.329. The van der Waals surface area contributed by atoms with Crippen LogP contribution in [-0.4, -0.2) is 19.9 Å². The average molecular weight is 421 g/mol. The summed E-state index contributed by atoms with van der Waals surface area (Å²) in [7, 11) is 0. The molecule has 0 saturated carbocycles. The van der Waals surface area contributed by atoms with Crippen molar-refractivity contribution in [3.63, 3.8) is 0 Å². The minimum absolute atomic E-state index is 0.606. The van der Waals surface area contributed by atoms with E-state index in [9.17, 15) is 0 Å². The molecule has 0 aliphatic heterocycles. The molecule has 2 aromatic heterocycles. The Morgan fingerprint density at radius 1 is 0.452 bits per heavy atom. The second-order valence-corrected chi connectivity index (χ2v) is 7.41. The summed E-state index contributed by atoms with van der Waals surface area (Å²) in [5.74, 6) is 1.85. The van der Waals surface area contributed by atoms with Gasteiger partial charge in [-0.25, -0.2) is 15.0 Å². The number of nitrogens with zero attached hydrogens (tertiary/aromatic N) is 4. The van der Waals surface area contributed by atoms with Crippen LogP contribution in [0.5, 0.6) is 0 Å². The maximum atomic E-state index is 6.06. The van der Waals surface area contributed by atoms with Gasteiger partial charge in [0.15, 0.2) is 17.5 Å². The number of halogens is 1. The zero-order valence-corrected chi connectivity index (χ0v) is 17.2. The van der Waals surface area contributed by atoms with Crippen molar-refractivity contribution >= 4 is 11.6 Å². The second-order valence-electron chi connectivity index (χ2n) is 6.97. The first-order valence-corrected chi connectivity index (χ1v) is 10.2. The molecule has 0 spiro atoms. The van der Waals surface area contributed by atoms with E-state index in [-0.39, 0.29) is 0 Å². The van der Waals surface area contributed by atoms with Crippen LogP contribution in [-0.2, 0) is 0 Å². The van der Waals surface area contributed by atoms with Gasteiger partial charge >= 0.3 is 0 Å². The van der Waals surface area contributed by atoms with E-state index < -0.39 is 0 Å². The zero-order valence-electron chi connectivity index (χ0n) is 16.5. The van der Waals surface area contributed by atoms with Crippen molar-refractivity contribution < 1.29 is 0 Å². The Morgan fingerprint density at radius 3 is 1.48 bits per heavy atom. The van der Waals surface area contributed by atoms with E-state index in [0.29, 0.717) is 22.5 Å². The molecule has 0 atom stereocenters. The Hall–Kier alpha value is -3.89. The van der Waals surface area contributed by atoms with E-state index in [4.69, 9.17) is 26.6 Å². The molecule has 0 bridgehead atoms. The smallest absolute Gasteiger partial charge is 0.164 e. The van der Waals surface area contributed by atoms with Crippen molar-refractivity contribution in [1.29, 1.82) is 0 Å². The molecule has 4 nitrogen and oxygen atoms in total. The molecule has 5 rings (SSSR count). The summed E-state index contributed by atoms with van der Waals surface area (Å²) in [6.45, 7) is 0. The van der Waals surface area contributed by atoms with Crippen LogP contribution < -0.4 is 0 Å². The molecule has 0 unspecified atom stereocenters. The van der Waals surface area contributed by atoms with Gasteiger partial charge in [-0.15, -0.1) is 0 Å². The largest absolute Gasteiger partial charge is 0.256 e. The summed E-state index contributed by atoms with van der Waals surface area (Å²) in [6, 6.07) is 31.4. The van der Waals surface area contributed by atoms with Gasteiger partial charge in [-0.2, -0.15) is 0 Å². The van der Waals surface area contributed by atoms with Crippen molar-refractivity contribution in [2.45, 2.75) is 0 Å². The molecule has 0 aliphatic carbocycles. The molecular formula is C26H17ClN4. The van der Waals surface area contributed by atoms with E-state index in [1.165, 1.54) is 0 Å². The van der Waals surface area contributed by atoms with Crippen LogP contribution in [0.1, 0.15) is 0 Å². The summed E-state index contributed by atoms with van der Waals surface area (Å²) in [5, 5.41) is 0.673. The fourth-order valence-electron chi connectivity index (χ4n) is 3.27. The van der Waals surface area contributed by atoms with Gasteiger partial charge in [-0.1, -0.05) is 72.3 Å². The maximum absolute atomic E-state index is 6.06.